The van der Waals surface area contributed by atoms with E-state index < -0.39 is 17.6 Å². The predicted molar refractivity (Wildman–Crippen MR) is 99.5 cm³/mol. The third-order valence-electron chi connectivity index (χ3n) is 4.46. The molecule has 1 saturated heterocycles. The molecule has 150 valence electrons. The van der Waals surface area contributed by atoms with Crippen LogP contribution in [-0.2, 0) is 6.18 Å². The average Bonchev–Trinajstić information content (AvgIpc) is 3.11. The monoisotopic (exact) mass is 412 g/mol. The topological polar surface area (TPSA) is 74.3 Å². The number of benzene rings is 1. The molecule has 1 aromatic heterocycles. The normalized spacial score (nSPS) is 16.0. The molecule has 10 heteroatoms. The Bertz CT molecular complexity index is 861. The third kappa shape index (κ3) is 5.08. The fraction of sp³-hybridized carbons (Fsp3) is 0.389. The number of likely N-dealkylation sites (tertiary alicyclic amines) is 1. The summed E-state index contributed by atoms with van der Waals surface area (Å²) in [6, 6.07) is 4.20. The van der Waals surface area contributed by atoms with E-state index in [1.54, 1.807) is 0 Å². The van der Waals surface area contributed by atoms with Crippen LogP contribution < -0.4 is 10.6 Å². The van der Waals surface area contributed by atoms with Crippen LogP contribution in [0, 0.1) is 0 Å². The molecule has 28 heavy (non-hydrogen) atoms. The van der Waals surface area contributed by atoms with Crippen LogP contribution in [0.4, 0.5) is 18.3 Å². The first-order valence-corrected chi connectivity index (χ1v) is 9.54. The fourth-order valence-electron chi connectivity index (χ4n) is 2.85. The van der Waals surface area contributed by atoms with Crippen molar-refractivity contribution in [3.05, 3.63) is 46.5 Å². The van der Waals surface area contributed by atoms with Gasteiger partial charge in [0.15, 0.2) is 5.13 Å². The minimum absolute atomic E-state index is 0.0774. The number of hydrogen-bond donors (Lipinski definition) is 2. The summed E-state index contributed by atoms with van der Waals surface area (Å²) in [5, 5.41) is 7.01. The molecule has 2 N–H and O–H groups in total. The highest BCUT2D eigenvalue weighted by atomic mass is 32.1. The molecule has 2 heterocycles. The third-order valence-corrected chi connectivity index (χ3v) is 5.22. The summed E-state index contributed by atoms with van der Waals surface area (Å²) in [5.74, 6) is -1.05. The molecule has 2 aromatic rings. The zero-order valence-electron chi connectivity index (χ0n) is 15.0. The van der Waals surface area contributed by atoms with Crippen LogP contribution in [0.25, 0.3) is 0 Å². The van der Waals surface area contributed by atoms with Crippen molar-refractivity contribution in [3.63, 3.8) is 0 Å². The van der Waals surface area contributed by atoms with Gasteiger partial charge in [-0.25, -0.2) is 4.98 Å². The first-order valence-electron chi connectivity index (χ1n) is 8.66. The van der Waals surface area contributed by atoms with Crippen molar-refractivity contribution in [2.75, 3.05) is 25.5 Å². The van der Waals surface area contributed by atoms with Crippen LogP contribution in [0.2, 0.25) is 0 Å². The Morgan fingerprint density at radius 3 is 2.61 bits per heavy atom. The molecule has 0 atom stereocenters. The highest BCUT2D eigenvalue weighted by molar-refractivity contribution is 7.14. The number of amides is 2. The highest BCUT2D eigenvalue weighted by Gasteiger charge is 2.31. The number of halogens is 3. The number of nitrogens with one attached hydrogen (secondary N) is 2. The molecule has 0 aliphatic carbocycles. The number of carbonyl (C=O) groups is 2. The Hall–Kier alpha value is -2.46. The zero-order valence-corrected chi connectivity index (χ0v) is 15.9. The Kier molecular flexibility index (Phi) is 5.99. The molecule has 3 rings (SSSR count). The number of hydrogen-bond acceptors (Lipinski definition) is 5. The van der Waals surface area contributed by atoms with E-state index in [1.807, 2.05) is 7.05 Å². The van der Waals surface area contributed by atoms with Crippen molar-refractivity contribution in [2.24, 2.45) is 0 Å². The van der Waals surface area contributed by atoms with E-state index in [-0.39, 0.29) is 28.3 Å². The van der Waals surface area contributed by atoms with Crippen molar-refractivity contribution in [2.45, 2.75) is 25.1 Å². The van der Waals surface area contributed by atoms with Crippen LogP contribution in [0.3, 0.4) is 0 Å². The molecular weight excluding hydrogens is 393 g/mol. The molecule has 1 fully saturated rings. The Balaban J connectivity index is 1.61. The van der Waals surface area contributed by atoms with Crippen LogP contribution in [-0.4, -0.2) is 47.9 Å². The number of nitrogens with zero attached hydrogens (tertiary/aromatic N) is 2. The Labute approximate surface area is 163 Å². The second kappa shape index (κ2) is 8.27. The van der Waals surface area contributed by atoms with Gasteiger partial charge < -0.3 is 10.2 Å². The van der Waals surface area contributed by atoms with Gasteiger partial charge in [-0.05, 0) is 51.2 Å². The van der Waals surface area contributed by atoms with Gasteiger partial charge in [-0.1, -0.05) is 6.07 Å². The van der Waals surface area contributed by atoms with Gasteiger partial charge in [0, 0.05) is 17.0 Å². The summed E-state index contributed by atoms with van der Waals surface area (Å²) in [5.41, 5.74) is -0.872. The number of alkyl halides is 3. The molecule has 0 unspecified atom stereocenters. The van der Waals surface area contributed by atoms with Gasteiger partial charge in [0.1, 0.15) is 5.69 Å². The van der Waals surface area contributed by atoms with E-state index >= 15 is 0 Å². The molecule has 2 amide bonds. The Morgan fingerprint density at radius 2 is 1.93 bits per heavy atom. The lowest BCUT2D eigenvalue weighted by molar-refractivity contribution is -0.137. The minimum Gasteiger partial charge on any atom is -0.348 e. The maximum absolute atomic E-state index is 12.8. The lowest BCUT2D eigenvalue weighted by Gasteiger charge is -2.29. The first kappa shape index (κ1) is 20.3. The maximum Gasteiger partial charge on any atom is 0.416 e. The number of anilines is 1. The number of piperidine rings is 1. The summed E-state index contributed by atoms with van der Waals surface area (Å²) < 4.78 is 38.3. The number of thiazole rings is 1. The molecule has 1 aliphatic rings. The van der Waals surface area contributed by atoms with Gasteiger partial charge in [0.05, 0.1) is 5.56 Å². The van der Waals surface area contributed by atoms with E-state index in [0.29, 0.717) is 0 Å². The van der Waals surface area contributed by atoms with Gasteiger partial charge in [-0.2, -0.15) is 13.2 Å². The van der Waals surface area contributed by atoms with Crippen molar-refractivity contribution in [1.82, 2.24) is 15.2 Å². The van der Waals surface area contributed by atoms with Crippen LogP contribution in [0.1, 0.15) is 39.3 Å². The van der Waals surface area contributed by atoms with Crippen LogP contribution >= 0.6 is 11.3 Å². The van der Waals surface area contributed by atoms with Crippen molar-refractivity contribution in [3.8, 4) is 0 Å². The first-order chi connectivity index (χ1) is 13.2. The van der Waals surface area contributed by atoms with Crippen LogP contribution in [0.15, 0.2) is 29.6 Å². The van der Waals surface area contributed by atoms with Crippen molar-refractivity contribution < 1.29 is 22.8 Å². The van der Waals surface area contributed by atoms with Crippen LogP contribution in [0.5, 0.6) is 0 Å². The van der Waals surface area contributed by atoms with Gasteiger partial charge in [-0.3, -0.25) is 14.9 Å². The molecule has 0 spiro atoms. The van der Waals surface area contributed by atoms with Gasteiger partial charge >= 0.3 is 6.18 Å². The zero-order chi connectivity index (χ0) is 20.3. The molecule has 0 saturated carbocycles. The lowest BCUT2D eigenvalue weighted by Crippen LogP contribution is -2.43. The van der Waals surface area contributed by atoms with Gasteiger partial charge in [0.25, 0.3) is 11.8 Å². The minimum atomic E-state index is -4.53. The maximum atomic E-state index is 12.8. The highest BCUT2D eigenvalue weighted by Crippen LogP contribution is 2.29. The number of carbonyl (C=O) groups excluding carboxylic acids is 2. The summed E-state index contributed by atoms with van der Waals surface area (Å²) in [4.78, 5) is 30.8. The standard InChI is InChI=1S/C18H19F3N4O2S/c1-25-7-5-13(6-8-25)22-16(27)14-10-28-17(23-14)24-15(26)11-3-2-4-12(9-11)18(19,20)21/h2-4,9-10,13H,5-8H2,1H3,(H,22,27)(H,23,24,26). The number of aromatic nitrogens is 1. The summed E-state index contributed by atoms with van der Waals surface area (Å²) in [6.45, 7) is 1.81. The molecule has 1 aromatic carbocycles. The Morgan fingerprint density at radius 1 is 1.21 bits per heavy atom. The van der Waals surface area contributed by atoms with Gasteiger partial charge in [-0.15, -0.1) is 11.3 Å². The summed E-state index contributed by atoms with van der Waals surface area (Å²) in [7, 11) is 2.03. The summed E-state index contributed by atoms with van der Waals surface area (Å²) in [6.07, 6.45) is -2.83. The molecule has 6 nitrogen and oxygen atoms in total. The fourth-order valence-corrected chi connectivity index (χ4v) is 3.54. The van der Waals surface area contributed by atoms with Crippen molar-refractivity contribution in [1.29, 1.82) is 0 Å². The number of rotatable bonds is 4. The van der Waals surface area contributed by atoms with E-state index in [9.17, 15) is 22.8 Å². The molecule has 1 aliphatic heterocycles. The SMILES string of the molecule is CN1CCC(NC(=O)c2csc(NC(=O)c3cccc(C(F)(F)F)c3)n2)CC1. The van der Waals surface area contributed by atoms with Crippen molar-refractivity contribution >= 4 is 28.3 Å². The average molecular weight is 412 g/mol. The summed E-state index contributed by atoms with van der Waals surface area (Å²) >= 11 is 1.04. The molecule has 0 bridgehead atoms. The van der Waals surface area contributed by atoms with E-state index in [0.717, 1.165) is 49.4 Å². The second-order valence-electron chi connectivity index (χ2n) is 6.62. The lowest BCUT2D eigenvalue weighted by atomic mass is 10.1. The molecular formula is C18H19F3N4O2S. The second-order valence-corrected chi connectivity index (χ2v) is 7.48. The van der Waals surface area contributed by atoms with Gasteiger partial charge in [0.2, 0.25) is 0 Å². The van der Waals surface area contributed by atoms with E-state index in [2.05, 4.69) is 20.5 Å². The molecule has 0 radical (unpaired) electrons. The largest absolute Gasteiger partial charge is 0.416 e. The van der Waals surface area contributed by atoms with E-state index in [4.69, 9.17) is 0 Å². The quantitative estimate of drug-likeness (QED) is 0.809. The smallest absolute Gasteiger partial charge is 0.348 e. The van der Waals surface area contributed by atoms with E-state index in [1.165, 1.54) is 17.5 Å². The predicted octanol–water partition coefficient (Wildman–Crippen LogP) is 3.24.